The van der Waals surface area contributed by atoms with Gasteiger partial charge in [0, 0.05) is 33.3 Å². The van der Waals surface area contributed by atoms with Crippen LogP contribution in [-0.2, 0) is 35.8 Å². The second-order valence-electron chi connectivity index (χ2n) is 6.67. The Hall–Kier alpha value is -2.07. The minimum absolute atomic E-state index is 0.0585. The fraction of sp³-hybridized carbons (Fsp3) is 0.350. The van der Waals surface area contributed by atoms with Gasteiger partial charge < -0.3 is 9.30 Å². The first kappa shape index (κ1) is 15.5. The van der Waals surface area contributed by atoms with E-state index in [2.05, 4.69) is 41.9 Å². The zero-order chi connectivity index (χ0) is 16.8. The van der Waals surface area contributed by atoms with E-state index in [1.165, 1.54) is 32.6 Å². The lowest BCUT2D eigenvalue weighted by Gasteiger charge is -2.14. The third-order valence-electron chi connectivity index (χ3n) is 4.61. The molecular weight excluding hydrogens is 318 g/mol. The molecule has 2 heterocycles. The first-order chi connectivity index (χ1) is 11.5. The first-order valence-electron chi connectivity index (χ1n) is 8.42. The monoisotopic (exact) mass is 339 g/mol. The second-order valence-corrected chi connectivity index (χ2v) is 7.89. The van der Waals surface area contributed by atoms with E-state index in [9.17, 15) is 4.79 Å². The van der Waals surface area contributed by atoms with Gasteiger partial charge in [0.2, 0.25) is 0 Å². The molecule has 0 aliphatic heterocycles. The van der Waals surface area contributed by atoms with Gasteiger partial charge in [0.1, 0.15) is 0 Å². The molecule has 4 heteroatoms. The summed E-state index contributed by atoms with van der Waals surface area (Å²) in [5.41, 5.74) is 5.33. The smallest absolute Gasteiger partial charge is 0.311 e. The van der Waals surface area contributed by atoms with Gasteiger partial charge in [-0.25, -0.2) is 0 Å². The highest BCUT2D eigenvalue weighted by Crippen LogP contribution is 2.43. The number of carbonyl (C=O) groups excluding carboxylic acids is 1. The number of benzene rings is 1. The molecule has 0 radical (unpaired) electrons. The zero-order valence-corrected chi connectivity index (χ0v) is 15.1. The second kappa shape index (κ2) is 5.78. The fourth-order valence-electron chi connectivity index (χ4n) is 3.71. The van der Waals surface area contributed by atoms with Crippen molar-refractivity contribution in [3.05, 3.63) is 45.6 Å². The lowest BCUT2D eigenvalue weighted by Crippen LogP contribution is -2.12. The number of carbonyl (C=O) groups is 1. The zero-order valence-electron chi connectivity index (χ0n) is 14.3. The summed E-state index contributed by atoms with van der Waals surface area (Å²) < 4.78 is 7.59. The van der Waals surface area contributed by atoms with E-state index in [0.29, 0.717) is 6.42 Å². The lowest BCUT2D eigenvalue weighted by molar-refractivity contribution is -0.146. The quantitative estimate of drug-likeness (QED) is 0.658. The van der Waals surface area contributed by atoms with Crippen molar-refractivity contribution in [2.24, 2.45) is 7.05 Å². The van der Waals surface area contributed by atoms with Gasteiger partial charge in [-0.2, -0.15) is 0 Å². The van der Waals surface area contributed by atoms with Crippen molar-refractivity contribution in [2.75, 3.05) is 0 Å². The molecule has 1 aromatic carbocycles. The molecule has 24 heavy (non-hydrogen) atoms. The molecule has 0 unspecified atom stereocenters. The number of hydrogen-bond donors (Lipinski definition) is 0. The molecule has 124 valence electrons. The third kappa shape index (κ3) is 2.46. The van der Waals surface area contributed by atoms with E-state index in [-0.39, 0.29) is 12.1 Å². The maximum atomic E-state index is 12.0. The summed E-state index contributed by atoms with van der Waals surface area (Å²) in [6.07, 6.45) is 2.44. The third-order valence-corrected chi connectivity index (χ3v) is 5.81. The van der Waals surface area contributed by atoms with Gasteiger partial charge in [-0.05, 0) is 44.4 Å². The number of fused-ring (bicyclic) bond motifs is 5. The number of para-hydroxylation sites is 1. The Bertz CT molecular complexity index is 933. The number of aryl methyl sites for hydroxylation is 3. The minimum Gasteiger partial charge on any atom is -0.463 e. The highest BCUT2D eigenvalue weighted by Gasteiger charge is 2.25. The molecule has 4 rings (SSSR count). The van der Waals surface area contributed by atoms with E-state index in [0.717, 1.165) is 17.7 Å². The number of nitrogens with zero attached hydrogens (tertiary/aromatic N) is 1. The van der Waals surface area contributed by atoms with Crippen molar-refractivity contribution in [3.8, 4) is 11.3 Å². The molecule has 0 saturated carbocycles. The molecule has 0 spiro atoms. The van der Waals surface area contributed by atoms with E-state index in [1.54, 1.807) is 11.3 Å². The van der Waals surface area contributed by atoms with Crippen LogP contribution in [0, 0.1) is 0 Å². The Morgan fingerprint density at radius 1 is 1.29 bits per heavy atom. The summed E-state index contributed by atoms with van der Waals surface area (Å²) in [6, 6.07) is 10.8. The summed E-state index contributed by atoms with van der Waals surface area (Å²) in [6.45, 7) is 3.78. The van der Waals surface area contributed by atoms with Crippen LogP contribution in [0.3, 0.4) is 0 Å². The van der Waals surface area contributed by atoms with Gasteiger partial charge in [0.25, 0.3) is 0 Å². The van der Waals surface area contributed by atoms with Gasteiger partial charge in [-0.15, -0.1) is 11.3 Å². The fourth-order valence-corrected chi connectivity index (χ4v) is 4.86. The number of esters is 1. The molecule has 2 aromatic heterocycles. The highest BCUT2D eigenvalue weighted by atomic mass is 32.1. The van der Waals surface area contributed by atoms with E-state index in [1.807, 2.05) is 13.8 Å². The molecule has 1 aliphatic rings. The van der Waals surface area contributed by atoms with Crippen LogP contribution in [0.25, 0.3) is 22.2 Å². The highest BCUT2D eigenvalue weighted by molar-refractivity contribution is 7.12. The van der Waals surface area contributed by atoms with Gasteiger partial charge in [-0.1, -0.05) is 18.2 Å². The van der Waals surface area contributed by atoms with E-state index >= 15 is 0 Å². The van der Waals surface area contributed by atoms with Crippen LogP contribution in [0.4, 0.5) is 0 Å². The summed E-state index contributed by atoms with van der Waals surface area (Å²) in [4.78, 5) is 14.5. The van der Waals surface area contributed by atoms with Crippen molar-refractivity contribution < 1.29 is 9.53 Å². The van der Waals surface area contributed by atoms with Crippen molar-refractivity contribution in [3.63, 3.8) is 0 Å². The summed E-state index contributed by atoms with van der Waals surface area (Å²) in [5, 5.41) is 1.35. The molecule has 0 bridgehead atoms. The molecular formula is C20H21NO2S. The van der Waals surface area contributed by atoms with E-state index in [4.69, 9.17) is 4.74 Å². The van der Waals surface area contributed by atoms with Gasteiger partial charge in [-0.3, -0.25) is 4.79 Å². The Balaban J connectivity index is 1.75. The standard InChI is InChI=1S/C20H21NO2S/c1-12(2)23-19(22)11-13-10-16-18(24-13)9-8-15-14-6-4-5-7-17(14)21(3)20(15)16/h4-7,10,12H,8-9,11H2,1-3H3. The summed E-state index contributed by atoms with van der Waals surface area (Å²) in [5.74, 6) is -0.138. The Labute approximate surface area is 145 Å². The van der Waals surface area contributed by atoms with Crippen molar-refractivity contribution in [1.82, 2.24) is 4.57 Å². The summed E-state index contributed by atoms with van der Waals surface area (Å²) >= 11 is 1.76. The topological polar surface area (TPSA) is 31.2 Å². The molecule has 0 N–H and O–H groups in total. The first-order valence-corrected chi connectivity index (χ1v) is 9.24. The maximum absolute atomic E-state index is 12.0. The van der Waals surface area contributed by atoms with Gasteiger partial charge >= 0.3 is 5.97 Å². The predicted molar refractivity (Wildman–Crippen MR) is 98.6 cm³/mol. The Morgan fingerprint density at radius 3 is 2.88 bits per heavy atom. The van der Waals surface area contributed by atoms with Crippen LogP contribution in [-0.4, -0.2) is 16.6 Å². The van der Waals surface area contributed by atoms with Crippen LogP contribution in [0.15, 0.2) is 30.3 Å². The average molecular weight is 339 g/mol. The van der Waals surface area contributed by atoms with Crippen molar-refractivity contribution in [1.29, 1.82) is 0 Å². The number of thiophene rings is 1. The molecule has 0 atom stereocenters. The number of ether oxygens (including phenoxy) is 1. The average Bonchev–Trinajstić information content (AvgIpc) is 3.06. The van der Waals surface area contributed by atoms with Crippen LogP contribution in [0.2, 0.25) is 0 Å². The molecule has 3 aromatic rings. The van der Waals surface area contributed by atoms with Crippen LogP contribution < -0.4 is 0 Å². The summed E-state index contributed by atoms with van der Waals surface area (Å²) in [7, 11) is 2.14. The van der Waals surface area contributed by atoms with Crippen molar-refractivity contribution >= 4 is 28.2 Å². The minimum atomic E-state index is -0.138. The Kier molecular flexibility index (Phi) is 3.72. The SMILES string of the molecule is CC(C)OC(=O)Cc1cc2c(s1)CCc1c-2n(C)c2ccccc12. The molecule has 0 saturated heterocycles. The van der Waals surface area contributed by atoms with Gasteiger partial charge in [0.05, 0.1) is 18.2 Å². The maximum Gasteiger partial charge on any atom is 0.311 e. The van der Waals surface area contributed by atoms with Crippen molar-refractivity contribution in [2.45, 2.75) is 39.2 Å². The molecule has 3 nitrogen and oxygen atoms in total. The number of hydrogen-bond acceptors (Lipinski definition) is 3. The normalized spacial score (nSPS) is 13.2. The predicted octanol–water partition coefficient (Wildman–Crippen LogP) is 4.50. The lowest BCUT2D eigenvalue weighted by atomic mass is 9.94. The Morgan fingerprint density at radius 2 is 2.08 bits per heavy atom. The molecule has 0 amide bonds. The molecule has 0 fully saturated rings. The van der Waals surface area contributed by atoms with Crippen LogP contribution >= 0.6 is 11.3 Å². The largest absolute Gasteiger partial charge is 0.463 e. The van der Waals surface area contributed by atoms with E-state index < -0.39 is 0 Å². The van der Waals surface area contributed by atoms with Crippen LogP contribution in [0.1, 0.15) is 29.2 Å². The number of rotatable bonds is 3. The van der Waals surface area contributed by atoms with Crippen LogP contribution in [0.5, 0.6) is 0 Å². The number of aromatic nitrogens is 1. The van der Waals surface area contributed by atoms with Gasteiger partial charge in [0.15, 0.2) is 0 Å². The molecule has 1 aliphatic carbocycles.